The molecule has 154 valence electrons. The van der Waals surface area contributed by atoms with Gasteiger partial charge in [0.05, 0.1) is 45.5 Å². The van der Waals surface area contributed by atoms with Crippen LogP contribution in [0.1, 0.15) is 33.1 Å². The topological polar surface area (TPSA) is 105 Å². The molecule has 1 aromatic carbocycles. The van der Waals surface area contributed by atoms with Gasteiger partial charge in [-0.25, -0.2) is 8.42 Å². The molecule has 0 spiro atoms. The molecular formula is C21H21N5O3S. The second-order valence-corrected chi connectivity index (χ2v) is 9.36. The second kappa shape index (κ2) is 7.49. The average molecular weight is 423 g/mol. The second-order valence-electron chi connectivity index (χ2n) is 7.38. The fraction of sp³-hybridized carbons (Fsp3) is 0.238. The number of rotatable bonds is 5. The third-order valence-corrected chi connectivity index (χ3v) is 6.02. The molecule has 4 rings (SSSR count). The molecule has 1 amide bonds. The van der Waals surface area contributed by atoms with Crippen LogP contribution in [0.3, 0.4) is 0 Å². The number of para-hydroxylation sites is 1. The highest BCUT2D eigenvalue weighted by Gasteiger charge is 2.30. The minimum atomic E-state index is -3.45. The Morgan fingerprint density at radius 3 is 2.53 bits per heavy atom. The Labute approximate surface area is 174 Å². The third kappa shape index (κ3) is 3.88. The van der Waals surface area contributed by atoms with Gasteiger partial charge in [-0.2, -0.15) is 10.2 Å². The van der Waals surface area contributed by atoms with Gasteiger partial charge in [0.1, 0.15) is 0 Å². The molecule has 2 aromatic heterocycles. The summed E-state index contributed by atoms with van der Waals surface area (Å²) < 4.78 is 24.4. The Morgan fingerprint density at radius 2 is 1.83 bits per heavy atom. The monoisotopic (exact) mass is 423 g/mol. The zero-order valence-electron chi connectivity index (χ0n) is 16.9. The van der Waals surface area contributed by atoms with Crippen molar-refractivity contribution < 1.29 is 13.2 Å². The van der Waals surface area contributed by atoms with E-state index < -0.39 is 9.84 Å². The predicted octanol–water partition coefficient (Wildman–Crippen LogP) is 2.50. The maximum atomic E-state index is 12.7. The van der Waals surface area contributed by atoms with E-state index in [4.69, 9.17) is 0 Å². The van der Waals surface area contributed by atoms with Crippen LogP contribution in [-0.4, -0.2) is 47.7 Å². The van der Waals surface area contributed by atoms with Crippen molar-refractivity contribution >= 4 is 27.1 Å². The van der Waals surface area contributed by atoms with Gasteiger partial charge in [-0.1, -0.05) is 12.1 Å². The number of carbonyl (C=O) groups is 1. The van der Waals surface area contributed by atoms with E-state index in [9.17, 15) is 13.2 Å². The van der Waals surface area contributed by atoms with E-state index in [1.165, 1.54) is 6.07 Å². The van der Waals surface area contributed by atoms with Crippen LogP contribution in [0.2, 0.25) is 0 Å². The summed E-state index contributed by atoms with van der Waals surface area (Å²) in [4.78, 5) is 19.1. The van der Waals surface area contributed by atoms with Crippen LogP contribution >= 0.6 is 0 Å². The zero-order valence-corrected chi connectivity index (χ0v) is 17.7. The number of nitrogens with one attached hydrogen (secondary N) is 1. The lowest BCUT2D eigenvalue weighted by molar-refractivity contribution is 0.0817. The molecular weight excluding hydrogens is 402 g/mol. The lowest BCUT2D eigenvalue weighted by Crippen LogP contribution is -2.18. The third-order valence-electron chi connectivity index (χ3n) is 4.87. The molecule has 0 bridgehead atoms. The highest BCUT2D eigenvalue weighted by molar-refractivity contribution is 7.90. The molecule has 1 aliphatic heterocycles. The number of amides is 1. The number of aromatic nitrogens is 3. The van der Waals surface area contributed by atoms with Gasteiger partial charge < -0.3 is 10.2 Å². The number of sulfone groups is 1. The summed E-state index contributed by atoms with van der Waals surface area (Å²) in [6.07, 6.45) is 1.60. The minimum Gasteiger partial charge on any atom is -0.354 e. The van der Waals surface area contributed by atoms with Crippen LogP contribution in [0.4, 0.5) is 11.4 Å². The molecule has 3 aromatic rings. The summed E-state index contributed by atoms with van der Waals surface area (Å²) >= 11 is 0. The first-order chi connectivity index (χ1) is 14.2. The lowest BCUT2D eigenvalue weighted by Gasteiger charge is -2.14. The molecule has 0 atom stereocenters. The van der Waals surface area contributed by atoms with Gasteiger partial charge in [-0.15, -0.1) is 0 Å². The number of hydrogen-bond donors (Lipinski definition) is 1. The molecule has 9 heteroatoms. The van der Waals surface area contributed by atoms with E-state index in [0.29, 0.717) is 41.3 Å². The van der Waals surface area contributed by atoms with Gasteiger partial charge in [0.25, 0.3) is 5.91 Å². The van der Waals surface area contributed by atoms with Crippen LogP contribution in [0.25, 0.3) is 0 Å². The van der Waals surface area contributed by atoms with Gasteiger partial charge in [-0.05, 0) is 37.3 Å². The van der Waals surface area contributed by atoms with Gasteiger partial charge >= 0.3 is 0 Å². The Balaban J connectivity index is 1.78. The molecule has 0 unspecified atom stereocenters. The highest BCUT2D eigenvalue weighted by atomic mass is 32.2. The number of aryl methyl sites for hydroxylation is 1. The maximum absolute atomic E-state index is 12.7. The summed E-state index contributed by atoms with van der Waals surface area (Å²) in [5.74, 6) is -0.154. The van der Waals surface area contributed by atoms with Crippen LogP contribution in [0.5, 0.6) is 0 Å². The van der Waals surface area contributed by atoms with Gasteiger partial charge in [0, 0.05) is 25.4 Å². The highest BCUT2D eigenvalue weighted by Crippen LogP contribution is 2.33. The molecule has 1 N–H and O–H groups in total. The van der Waals surface area contributed by atoms with Gasteiger partial charge in [0.2, 0.25) is 0 Å². The molecule has 0 saturated carbocycles. The number of hydrogen-bond acceptors (Lipinski definition) is 7. The average Bonchev–Trinajstić information content (AvgIpc) is 2.97. The largest absolute Gasteiger partial charge is 0.354 e. The van der Waals surface area contributed by atoms with Crippen molar-refractivity contribution in [2.45, 2.75) is 24.8 Å². The van der Waals surface area contributed by atoms with Crippen molar-refractivity contribution in [1.29, 1.82) is 0 Å². The first-order valence-electron chi connectivity index (χ1n) is 9.36. The van der Waals surface area contributed by atoms with Gasteiger partial charge in [0.15, 0.2) is 9.84 Å². The Kier molecular flexibility index (Phi) is 4.98. The first kappa shape index (κ1) is 20.0. The van der Waals surface area contributed by atoms with Crippen LogP contribution in [0.15, 0.2) is 47.4 Å². The summed E-state index contributed by atoms with van der Waals surface area (Å²) in [5.41, 5.74) is 4.35. The molecule has 0 saturated heterocycles. The number of benzene rings is 1. The Hall–Kier alpha value is -3.33. The molecule has 0 aliphatic carbocycles. The van der Waals surface area contributed by atoms with Crippen LogP contribution in [-0.2, 0) is 22.8 Å². The molecule has 0 fully saturated rings. The maximum Gasteiger partial charge on any atom is 0.257 e. The standard InChI is InChI=1S/C21H21N5O3S/c1-13-8-9-14(25-24-13)10-15-11-17(20-18(22-15)12-26(2)21(20)27)23-16-6-4-5-7-19(16)30(3,28)29/h4-9,11H,10,12H2,1-3H3,(H,22,23). The first-order valence-corrected chi connectivity index (χ1v) is 11.2. The molecule has 3 heterocycles. The summed E-state index contributed by atoms with van der Waals surface area (Å²) in [6.45, 7) is 2.26. The van der Waals surface area contributed by atoms with Crippen molar-refractivity contribution in [2.75, 3.05) is 18.6 Å². The summed E-state index contributed by atoms with van der Waals surface area (Å²) in [6, 6.07) is 12.2. The summed E-state index contributed by atoms with van der Waals surface area (Å²) in [5, 5.41) is 11.4. The zero-order chi connectivity index (χ0) is 21.5. The van der Waals surface area contributed by atoms with Crippen molar-refractivity contribution in [3.8, 4) is 0 Å². The summed E-state index contributed by atoms with van der Waals surface area (Å²) in [7, 11) is -1.73. The molecule has 0 radical (unpaired) electrons. The van der Waals surface area contributed by atoms with E-state index in [1.54, 1.807) is 36.2 Å². The molecule has 30 heavy (non-hydrogen) atoms. The van der Waals surface area contributed by atoms with E-state index in [0.717, 1.165) is 17.6 Å². The van der Waals surface area contributed by atoms with Crippen molar-refractivity contribution in [1.82, 2.24) is 20.1 Å². The van der Waals surface area contributed by atoms with E-state index in [2.05, 4.69) is 20.5 Å². The fourth-order valence-corrected chi connectivity index (χ4v) is 4.27. The van der Waals surface area contributed by atoms with Crippen molar-refractivity contribution in [3.05, 3.63) is 70.8 Å². The van der Waals surface area contributed by atoms with Crippen molar-refractivity contribution in [3.63, 3.8) is 0 Å². The Morgan fingerprint density at radius 1 is 1.07 bits per heavy atom. The van der Waals surface area contributed by atoms with E-state index >= 15 is 0 Å². The number of fused-ring (bicyclic) bond motifs is 1. The molecule has 1 aliphatic rings. The van der Waals surface area contributed by atoms with Crippen LogP contribution in [0, 0.1) is 6.92 Å². The SMILES string of the molecule is Cc1ccc(Cc2cc(Nc3ccccc3S(C)(=O)=O)c3c(n2)CN(C)C3=O)nn1. The minimum absolute atomic E-state index is 0.154. The van der Waals surface area contributed by atoms with Crippen LogP contribution < -0.4 is 5.32 Å². The normalized spacial score (nSPS) is 13.4. The van der Waals surface area contributed by atoms with E-state index in [1.807, 2.05) is 19.1 Å². The van der Waals surface area contributed by atoms with Crippen molar-refractivity contribution in [2.24, 2.45) is 0 Å². The fourth-order valence-electron chi connectivity index (χ4n) is 3.43. The quantitative estimate of drug-likeness (QED) is 0.672. The number of anilines is 2. The number of carbonyl (C=O) groups excluding carboxylic acids is 1. The number of pyridine rings is 1. The smallest absolute Gasteiger partial charge is 0.257 e. The van der Waals surface area contributed by atoms with E-state index in [-0.39, 0.29) is 10.8 Å². The molecule has 8 nitrogen and oxygen atoms in total. The Bertz CT molecular complexity index is 1240. The van der Waals surface area contributed by atoms with Gasteiger partial charge in [-0.3, -0.25) is 9.78 Å². The lowest BCUT2D eigenvalue weighted by atomic mass is 10.1. The predicted molar refractivity (Wildman–Crippen MR) is 112 cm³/mol. The number of nitrogens with zero attached hydrogens (tertiary/aromatic N) is 4.